The van der Waals surface area contributed by atoms with Crippen molar-refractivity contribution in [2.75, 3.05) is 26.2 Å². The smallest absolute Gasteiger partial charge is 0.257 e. The molecule has 118 valence electrons. The summed E-state index contributed by atoms with van der Waals surface area (Å²) in [6.07, 6.45) is 2.85. The molecule has 3 heterocycles. The number of piperazine rings is 1. The van der Waals surface area contributed by atoms with Crippen molar-refractivity contribution in [1.82, 2.24) is 9.21 Å². The van der Waals surface area contributed by atoms with Gasteiger partial charge in [0.05, 0.1) is 11.8 Å². The molecule has 0 saturated carbocycles. The normalized spacial score (nSPS) is 16.9. The summed E-state index contributed by atoms with van der Waals surface area (Å²) in [4.78, 5) is 14.8. The van der Waals surface area contributed by atoms with Crippen molar-refractivity contribution in [2.45, 2.75) is 11.1 Å². The number of rotatable bonds is 3. The van der Waals surface area contributed by atoms with Gasteiger partial charge >= 0.3 is 0 Å². The van der Waals surface area contributed by atoms with Gasteiger partial charge in [0.15, 0.2) is 0 Å². The second-order valence-electron chi connectivity index (χ2n) is 5.07. The van der Waals surface area contributed by atoms with Gasteiger partial charge in [0, 0.05) is 31.1 Å². The summed E-state index contributed by atoms with van der Waals surface area (Å²) in [5.74, 6) is -0.127. The molecule has 8 heteroatoms. The molecule has 2 aromatic rings. The Balaban J connectivity index is 1.68. The number of hydrogen-bond donors (Lipinski definition) is 0. The van der Waals surface area contributed by atoms with Crippen LogP contribution in [-0.2, 0) is 10.0 Å². The maximum atomic E-state index is 12.5. The van der Waals surface area contributed by atoms with Gasteiger partial charge in [0.25, 0.3) is 15.9 Å². The summed E-state index contributed by atoms with van der Waals surface area (Å²) in [5, 5.41) is 0. The number of aryl methyl sites for hydroxylation is 1. The molecule has 22 heavy (non-hydrogen) atoms. The van der Waals surface area contributed by atoms with Crippen LogP contribution in [0.1, 0.15) is 15.2 Å². The minimum Gasteiger partial charge on any atom is -0.472 e. The number of furan rings is 1. The maximum absolute atomic E-state index is 12.5. The minimum atomic E-state index is -3.45. The Hall–Kier alpha value is -1.64. The highest BCUT2D eigenvalue weighted by atomic mass is 32.2. The van der Waals surface area contributed by atoms with E-state index >= 15 is 0 Å². The van der Waals surface area contributed by atoms with Gasteiger partial charge in [-0.05, 0) is 25.1 Å². The van der Waals surface area contributed by atoms with Gasteiger partial charge in [-0.3, -0.25) is 4.79 Å². The molecule has 0 bridgehead atoms. The number of carbonyl (C=O) groups excluding carboxylic acids is 1. The first kappa shape index (κ1) is 15.3. The molecule has 0 spiro atoms. The van der Waals surface area contributed by atoms with Crippen molar-refractivity contribution in [1.29, 1.82) is 0 Å². The molecule has 0 atom stereocenters. The zero-order chi connectivity index (χ0) is 15.7. The first-order valence-electron chi connectivity index (χ1n) is 6.86. The summed E-state index contributed by atoms with van der Waals surface area (Å²) in [5.41, 5.74) is 0.491. The number of carbonyl (C=O) groups is 1. The number of hydrogen-bond acceptors (Lipinski definition) is 5. The SMILES string of the molecule is Cc1ccc(S(=O)(=O)N2CCN(C(=O)c3ccoc3)CC2)s1. The van der Waals surface area contributed by atoms with E-state index in [0.717, 1.165) is 4.88 Å². The molecule has 0 radical (unpaired) electrons. The number of thiophene rings is 1. The molecule has 6 nitrogen and oxygen atoms in total. The summed E-state index contributed by atoms with van der Waals surface area (Å²) in [7, 11) is -3.45. The van der Waals surface area contributed by atoms with Crippen molar-refractivity contribution in [3.05, 3.63) is 41.2 Å². The Labute approximate surface area is 133 Å². The molecule has 0 N–H and O–H groups in total. The van der Waals surface area contributed by atoms with E-state index in [1.807, 2.05) is 6.92 Å². The van der Waals surface area contributed by atoms with E-state index in [0.29, 0.717) is 36.0 Å². The highest BCUT2D eigenvalue weighted by Gasteiger charge is 2.31. The fourth-order valence-corrected chi connectivity index (χ4v) is 5.24. The van der Waals surface area contributed by atoms with E-state index in [2.05, 4.69) is 0 Å². The van der Waals surface area contributed by atoms with E-state index in [9.17, 15) is 13.2 Å². The molecule has 1 aliphatic rings. The third kappa shape index (κ3) is 2.81. The van der Waals surface area contributed by atoms with Crippen LogP contribution in [0, 0.1) is 6.92 Å². The molecular formula is C14H16N2O4S2. The first-order valence-corrected chi connectivity index (χ1v) is 9.12. The Morgan fingerprint density at radius 1 is 1.18 bits per heavy atom. The molecule has 1 amide bonds. The predicted molar refractivity (Wildman–Crippen MR) is 82.4 cm³/mol. The van der Waals surface area contributed by atoms with E-state index in [1.165, 1.54) is 28.2 Å². The summed E-state index contributed by atoms with van der Waals surface area (Å²) < 4.78 is 31.8. The lowest BCUT2D eigenvalue weighted by atomic mass is 10.2. The lowest BCUT2D eigenvalue weighted by molar-refractivity contribution is 0.0697. The number of nitrogens with zero attached hydrogens (tertiary/aromatic N) is 2. The van der Waals surface area contributed by atoms with Crippen LogP contribution in [0.15, 0.2) is 39.4 Å². The predicted octanol–water partition coefficient (Wildman–Crippen LogP) is 1.80. The Morgan fingerprint density at radius 3 is 2.45 bits per heavy atom. The second kappa shape index (κ2) is 5.86. The van der Waals surface area contributed by atoms with Crippen LogP contribution in [0.3, 0.4) is 0 Å². The summed E-state index contributed by atoms with van der Waals surface area (Å²) in [6.45, 7) is 3.26. The standard InChI is InChI=1S/C14H16N2O4S2/c1-11-2-3-13(21-11)22(18,19)16-7-5-15(6-8-16)14(17)12-4-9-20-10-12/h2-4,9-10H,5-8H2,1H3. The lowest BCUT2D eigenvalue weighted by Gasteiger charge is -2.33. The van der Waals surface area contributed by atoms with Crippen molar-refractivity contribution >= 4 is 27.3 Å². The molecule has 2 aromatic heterocycles. The second-order valence-corrected chi connectivity index (χ2v) is 8.53. The first-order chi connectivity index (χ1) is 10.5. The average Bonchev–Trinajstić information content (AvgIpc) is 3.18. The van der Waals surface area contributed by atoms with Crippen LogP contribution in [-0.4, -0.2) is 49.7 Å². The third-order valence-electron chi connectivity index (χ3n) is 3.60. The van der Waals surface area contributed by atoms with Crippen LogP contribution < -0.4 is 0 Å². The molecule has 1 fully saturated rings. The number of sulfonamides is 1. The molecular weight excluding hydrogens is 324 g/mol. The lowest BCUT2D eigenvalue weighted by Crippen LogP contribution is -2.50. The van der Waals surface area contributed by atoms with Gasteiger partial charge < -0.3 is 9.32 Å². The Kier molecular flexibility index (Phi) is 4.07. The van der Waals surface area contributed by atoms with Crippen LogP contribution in [0.25, 0.3) is 0 Å². The third-order valence-corrected chi connectivity index (χ3v) is 6.97. The van der Waals surface area contributed by atoms with Gasteiger partial charge in [-0.2, -0.15) is 4.31 Å². The largest absolute Gasteiger partial charge is 0.472 e. The molecule has 1 aliphatic heterocycles. The fourth-order valence-electron chi connectivity index (χ4n) is 2.38. The van der Waals surface area contributed by atoms with Crippen molar-refractivity contribution in [2.24, 2.45) is 0 Å². The molecule has 0 aliphatic carbocycles. The maximum Gasteiger partial charge on any atom is 0.257 e. The Morgan fingerprint density at radius 2 is 1.91 bits per heavy atom. The molecule has 3 rings (SSSR count). The van der Waals surface area contributed by atoms with Gasteiger partial charge in [0.1, 0.15) is 10.5 Å². The van der Waals surface area contributed by atoms with Crippen LogP contribution in [0.4, 0.5) is 0 Å². The van der Waals surface area contributed by atoms with Crippen LogP contribution in [0.5, 0.6) is 0 Å². The molecule has 1 saturated heterocycles. The average molecular weight is 340 g/mol. The zero-order valence-corrected chi connectivity index (χ0v) is 13.7. The topological polar surface area (TPSA) is 70.8 Å². The summed E-state index contributed by atoms with van der Waals surface area (Å²) in [6, 6.07) is 5.05. The quantitative estimate of drug-likeness (QED) is 0.854. The Bertz CT molecular complexity index is 757. The minimum absolute atomic E-state index is 0.127. The van der Waals surface area contributed by atoms with E-state index in [-0.39, 0.29) is 5.91 Å². The van der Waals surface area contributed by atoms with E-state index in [1.54, 1.807) is 23.1 Å². The van der Waals surface area contributed by atoms with Gasteiger partial charge in [-0.1, -0.05) is 0 Å². The van der Waals surface area contributed by atoms with Crippen LogP contribution in [0.2, 0.25) is 0 Å². The number of amides is 1. The van der Waals surface area contributed by atoms with Crippen molar-refractivity contribution in [3.8, 4) is 0 Å². The van der Waals surface area contributed by atoms with E-state index < -0.39 is 10.0 Å². The molecule has 0 unspecified atom stereocenters. The van der Waals surface area contributed by atoms with Gasteiger partial charge in [-0.25, -0.2) is 8.42 Å². The van der Waals surface area contributed by atoms with Crippen molar-refractivity contribution < 1.29 is 17.6 Å². The molecule has 0 aromatic carbocycles. The zero-order valence-electron chi connectivity index (χ0n) is 12.1. The van der Waals surface area contributed by atoms with Gasteiger partial charge in [-0.15, -0.1) is 11.3 Å². The highest BCUT2D eigenvalue weighted by molar-refractivity contribution is 7.91. The van der Waals surface area contributed by atoms with Gasteiger partial charge in [0.2, 0.25) is 0 Å². The summed E-state index contributed by atoms with van der Waals surface area (Å²) >= 11 is 1.27. The monoisotopic (exact) mass is 340 g/mol. The van der Waals surface area contributed by atoms with E-state index in [4.69, 9.17) is 4.42 Å². The fraction of sp³-hybridized carbons (Fsp3) is 0.357. The van der Waals surface area contributed by atoms with Crippen LogP contribution >= 0.6 is 11.3 Å². The van der Waals surface area contributed by atoms with Crippen molar-refractivity contribution in [3.63, 3.8) is 0 Å². The highest BCUT2D eigenvalue weighted by Crippen LogP contribution is 2.25.